The van der Waals surface area contributed by atoms with E-state index in [1.165, 1.54) is 0 Å². The molecule has 1 aliphatic rings. The fourth-order valence-corrected chi connectivity index (χ4v) is 4.19. The van der Waals surface area contributed by atoms with E-state index >= 15 is 0 Å². The molecule has 4 nitrogen and oxygen atoms in total. The molecule has 21 heavy (non-hydrogen) atoms. The SMILES string of the molecule is CCC(N)c1cccc(S(=O)(=O)N(CC2CC2)C(C)C)c1. The van der Waals surface area contributed by atoms with Crippen molar-refractivity contribution in [2.75, 3.05) is 6.54 Å². The quantitative estimate of drug-likeness (QED) is 0.842. The molecule has 0 aliphatic heterocycles. The van der Waals surface area contributed by atoms with Gasteiger partial charge < -0.3 is 5.73 Å². The van der Waals surface area contributed by atoms with Crippen LogP contribution in [-0.2, 0) is 10.0 Å². The Morgan fingerprint density at radius 2 is 2.00 bits per heavy atom. The first kappa shape index (κ1) is 16.5. The van der Waals surface area contributed by atoms with E-state index in [2.05, 4.69) is 0 Å². The van der Waals surface area contributed by atoms with Crippen LogP contribution in [0.25, 0.3) is 0 Å². The Hall–Kier alpha value is -0.910. The summed E-state index contributed by atoms with van der Waals surface area (Å²) in [5, 5.41) is 0. The largest absolute Gasteiger partial charge is 0.324 e. The summed E-state index contributed by atoms with van der Waals surface area (Å²) < 4.78 is 27.4. The maximum atomic E-state index is 12.9. The topological polar surface area (TPSA) is 63.4 Å². The monoisotopic (exact) mass is 310 g/mol. The van der Waals surface area contributed by atoms with Crippen LogP contribution in [0, 0.1) is 5.92 Å². The lowest BCUT2D eigenvalue weighted by Gasteiger charge is -2.26. The van der Waals surface area contributed by atoms with Crippen molar-refractivity contribution in [1.82, 2.24) is 4.31 Å². The maximum Gasteiger partial charge on any atom is 0.243 e. The molecule has 0 spiro atoms. The zero-order chi connectivity index (χ0) is 15.6. The van der Waals surface area contributed by atoms with Crippen LogP contribution in [0.1, 0.15) is 51.6 Å². The molecular formula is C16H26N2O2S. The van der Waals surface area contributed by atoms with Gasteiger partial charge in [-0.2, -0.15) is 4.31 Å². The van der Waals surface area contributed by atoms with Crippen LogP contribution in [-0.4, -0.2) is 25.3 Å². The van der Waals surface area contributed by atoms with E-state index in [0.717, 1.165) is 24.8 Å². The molecule has 1 unspecified atom stereocenters. The Bertz CT molecular complexity index is 580. The average Bonchev–Trinajstić information content (AvgIpc) is 3.27. The predicted molar refractivity (Wildman–Crippen MR) is 85.4 cm³/mol. The van der Waals surface area contributed by atoms with Gasteiger partial charge in [0.1, 0.15) is 0 Å². The summed E-state index contributed by atoms with van der Waals surface area (Å²) in [6, 6.07) is 6.94. The lowest BCUT2D eigenvalue weighted by atomic mass is 10.1. The molecule has 5 heteroatoms. The Kier molecular flexibility index (Phi) is 5.07. The van der Waals surface area contributed by atoms with Crippen LogP contribution in [0.3, 0.4) is 0 Å². The molecule has 1 aliphatic carbocycles. The first-order valence-electron chi connectivity index (χ1n) is 7.73. The highest BCUT2D eigenvalue weighted by Gasteiger charge is 2.33. The van der Waals surface area contributed by atoms with E-state index in [9.17, 15) is 8.42 Å². The second-order valence-corrected chi connectivity index (χ2v) is 8.09. The minimum atomic E-state index is -3.44. The van der Waals surface area contributed by atoms with Gasteiger partial charge in [-0.15, -0.1) is 0 Å². The first-order chi connectivity index (χ1) is 9.86. The number of hydrogen-bond donors (Lipinski definition) is 1. The molecule has 0 bridgehead atoms. The van der Waals surface area contributed by atoms with Gasteiger partial charge in [-0.25, -0.2) is 8.42 Å². The zero-order valence-corrected chi connectivity index (χ0v) is 13.9. The molecule has 1 aromatic carbocycles. The molecular weight excluding hydrogens is 284 g/mol. The normalized spacial score (nSPS) is 17.4. The molecule has 1 fully saturated rings. The number of rotatable bonds is 7. The second-order valence-electron chi connectivity index (χ2n) is 6.20. The van der Waals surface area contributed by atoms with Gasteiger partial charge in [0.05, 0.1) is 4.90 Å². The van der Waals surface area contributed by atoms with Crippen LogP contribution in [0.4, 0.5) is 0 Å². The van der Waals surface area contributed by atoms with Crippen molar-refractivity contribution in [3.8, 4) is 0 Å². The number of sulfonamides is 1. The van der Waals surface area contributed by atoms with Gasteiger partial charge in [-0.05, 0) is 56.7 Å². The van der Waals surface area contributed by atoms with Gasteiger partial charge in [-0.1, -0.05) is 19.1 Å². The first-order valence-corrected chi connectivity index (χ1v) is 9.17. The van der Waals surface area contributed by atoms with Crippen molar-refractivity contribution >= 4 is 10.0 Å². The molecule has 1 saturated carbocycles. The van der Waals surface area contributed by atoms with Gasteiger partial charge >= 0.3 is 0 Å². The third kappa shape index (κ3) is 3.84. The van der Waals surface area contributed by atoms with Crippen molar-refractivity contribution in [2.45, 2.75) is 57.0 Å². The van der Waals surface area contributed by atoms with Crippen LogP contribution in [0.2, 0.25) is 0 Å². The van der Waals surface area contributed by atoms with Gasteiger partial charge in [0, 0.05) is 18.6 Å². The fourth-order valence-electron chi connectivity index (χ4n) is 2.42. The summed E-state index contributed by atoms with van der Waals surface area (Å²) in [5.41, 5.74) is 6.91. The number of benzene rings is 1. The molecule has 0 saturated heterocycles. The fraction of sp³-hybridized carbons (Fsp3) is 0.625. The lowest BCUT2D eigenvalue weighted by molar-refractivity contribution is 0.341. The van der Waals surface area contributed by atoms with Gasteiger partial charge in [0.2, 0.25) is 10.0 Å². The predicted octanol–water partition coefficient (Wildman–Crippen LogP) is 2.91. The lowest BCUT2D eigenvalue weighted by Crippen LogP contribution is -2.38. The molecule has 0 aromatic heterocycles. The van der Waals surface area contributed by atoms with Crippen molar-refractivity contribution in [2.24, 2.45) is 11.7 Å². The molecule has 118 valence electrons. The maximum absolute atomic E-state index is 12.9. The van der Waals surface area contributed by atoms with E-state index in [4.69, 9.17) is 5.73 Å². The Morgan fingerprint density at radius 1 is 1.33 bits per heavy atom. The van der Waals surface area contributed by atoms with Crippen LogP contribution in [0.5, 0.6) is 0 Å². The highest BCUT2D eigenvalue weighted by molar-refractivity contribution is 7.89. The minimum absolute atomic E-state index is 0.0286. The number of hydrogen-bond acceptors (Lipinski definition) is 3. The summed E-state index contributed by atoms with van der Waals surface area (Å²) in [5.74, 6) is 0.531. The number of nitrogens with zero attached hydrogens (tertiary/aromatic N) is 1. The summed E-state index contributed by atoms with van der Waals surface area (Å²) in [7, 11) is -3.44. The highest BCUT2D eigenvalue weighted by Crippen LogP contribution is 2.32. The molecule has 1 aromatic rings. The van der Waals surface area contributed by atoms with E-state index in [0.29, 0.717) is 17.4 Å². The van der Waals surface area contributed by atoms with Crippen molar-refractivity contribution < 1.29 is 8.42 Å². The second kappa shape index (κ2) is 6.46. The highest BCUT2D eigenvalue weighted by atomic mass is 32.2. The van der Waals surface area contributed by atoms with Gasteiger partial charge in [-0.3, -0.25) is 0 Å². The average molecular weight is 310 g/mol. The van der Waals surface area contributed by atoms with Crippen LogP contribution in [0.15, 0.2) is 29.2 Å². The molecule has 0 radical (unpaired) electrons. The van der Waals surface area contributed by atoms with Crippen molar-refractivity contribution in [1.29, 1.82) is 0 Å². The summed E-state index contributed by atoms with van der Waals surface area (Å²) in [4.78, 5) is 0.359. The van der Waals surface area contributed by atoms with Crippen LogP contribution < -0.4 is 5.73 Å². The molecule has 2 N–H and O–H groups in total. The Balaban J connectivity index is 2.32. The standard InChI is InChI=1S/C16H26N2O2S/c1-4-16(17)14-6-5-7-15(10-14)21(19,20)18(12(2)3)11-13-8-9-13/h5-7,10,12-13,16H,4,8-9,11,17H2,1-3H3. The minimum Gasteiger partial charge on any atom is -0.324 e. The Labute approximate surface area is 128 Å². The summed E-state index contributed by atoms with van der Waals surface area (Å²) >= 11 is 0. The van der Waals surface area contributed by atoms with Crippen molar-refractivity contribution in [3.63, 3.8) is 0 Å². The van der Waals surface area contributed by atoms with Gasteiger partial charge in [0.25, 0.3) is 0 Å². The van der Waals surface area contributed by atoms with E-state index < -0.39 is 10.0 Å². The van der Waals surface area contributed by atoms with E-state index in [1.54, 1.807) is 22.5 Å². The third-order valence-corrected chi connectivity index (χ3v) is 6.08. The third-order valence-electron chi connectivity index (χ3n) is 4.04. The number of nitrogens with two attached hydrogens (primary N) is 1. The van der Waals surface area contributed by atoms with E-state index in [-0.39, 0.29) is 12.1 Å². The smallest absolute Gasteiger partial charge is 0.243 e. The summed E-state index contributed by atoms with van der Waals surface area (Å²) in [6.07, 6.45) is 3.07. The van der Waals surface area contributed by atoms with Crippen LogP contribution >= 0.6 is 0 Å². The molecule has 2 rings (SSSR count). The molecule has 1 atom stereocenters. The Morgan fingerprint density at radius 3 is 2.52 bits per heavy atom. The zero-order valence-electron chi connectivity index (χ0n) is 13.1. The van der Waals surface area contributed by atoms with E-state index in [1.807, 2.05) is 26.8 Å². The molecule has 0 heterocycles. The molecule has 0 amide bonds. The van der Waals surface area contributed by atoms with Gasteiger partial charge in [0.15, 0.2) is 0 Å². The summed E-state index contributed by atoms with van der Waals surface area (Å²) in [6.45, 7) is 6.49. The van der Waals surface area contributed by atoms with Crippen molar-refractivity contribution in [3.05, 3.63) is 29.8 Å².